The number of halogens is 1. The quantitative estimate of drug-likeness (QED) is 0.736. The Labute approximate surface area is 152 Å². The van der Waals surface area contributed by atoms with E-state index in [0.717, 1.165) is 11.0 Å². The third kappa shape index (κ3) is 3.76. The van der Waals surface area contributed by atoms with Crippen LogP contribution in [-0.4, -0.2) is 24.4 Å². The lowest BCUT2D eigenvalue weighted by Crippen LogP contribution is -2.41. The van der Waals surface area contributed by atoms with Crippen molar-refractivity contribution in [2.45, 2.75) is 85.0 Å². The van der Waals surface area contributed by atoms with Gasteiger partial charge in [-0.15, -0.1) is 0 Å². The summed E-state index contributed by atoms with van der Waals surface area (Å²) in [5, 5.41) is 0.565. The fourth-order valence-electron chi connectivity index (χ4n) is 2.53. The second-order valence-corrected chi connectivity index (χ2v) is 9.26. The highest BCUT2D eigenvalue weighted by Crippen LogP contribution is 2.39. The van der Waals surface area contributed by atoms with E-state index < -0.39 is 18.3 Å². The van der Waals surface area contributed by atoms with Crippen LogP contribution in [0.15, 0.2) is 12.1 Å². The first-order valence-electron chi connectivity index (χ1n) is 8.61. The average molecular weight is 353 g/mol. The van der Waals surface area contributed by atoms with Crippen LogP contribution in [0.5, 0.6) is 5.75 Å². The molecule has 0 spiro atoms. The van der Waals surface area contributed by atoms with Crippen LogP contribution in [0.3, 0.4) is 0 Å². The largest absolute Gasteiger partial charge is 0.496 e. The van der Waals surface area contributed by atoms with Crippen molar-refractivity contribution in [3.8, 4) is 5.75 Å². The van der Waals surface area contributed by atoms with Crippen molar-refractivity contribution >= 4 is 24.2 Å². The van der Waals surface area contributed by atoms with Crippen LogP contribution in [0, 0.1) is 0 Å². The number of benzene rings is 1. The van der Waals surface area contributed by atoms with Gasteiger partial charge < -0.3 is 14.0 Å². The fourth-order valence-corrected chi connectivity index (χ4v) is 2.78. The lowest BCUT2D eigenvalue weighted by molar-refractivity contribution is 0.00578. The van der Waals surface area contributed by atoms with E-state index in [-0.39, 0.29) is 11.5 Å². The molecule has 1 aromatic rings. The van der Waals surface area contributed by atoms with E-state index >= 15 is 0 Å². The minimum Gasteiger partial charge on any atom is -0.489 e. The van der Waals surface area contributed by atoms with Crippen molar-refractivity contribution in [3.05, 3.63) is 22.7 Å². The average Bonchev–Trinajstić information content (AvgIpc) is 2.58. The molecule has 0 atom stereocenters. The van der Waals surface area contributed by atoms with Gasteiger partial charge in [0.2, 0.25) is 0 Å². The molecule has 2 rings (SSSR count). The molecule has 0 bridgehead atoms. The summed E-state index contributed by atoms with van der Waals surface area (Å²) >= 11 is 6.66. The summed E-state index contributed by atoms with van der Waals surface area (Å²) in [6.45, 7) is 18.7. The zero-order valence-corrected chi connectivity index (χ0v) is 17.2. The van der Waals surface area contributed by atoms with Crippen molar-refractivity contribution in [3.63, 3.8) is 0 Å². The summed E-state index contributed by atoms with van der Waals surface area (Å²) in [7, 11) is -0.501. The van der Waals surface area contributed by atoms with Gasteiger partial charge in [0.05, 0.1) is 22.3 Å². The van der Waals surface area contributed by atoms with Gasteiger partial charge in [-0.1, -0.05) is 38.4 Å². The van der Waals surface area contributed by atoms with Crippen molar-refractivity contribution < 1.29 is 14.0 Å². The van der Waals surface area contributed by atoms with Gasteiger partial charge in [0.25, 0.3) is 0 Å². The zero-order chi connectivity index (χ0) is 18.5. The van der Waals surface area contributed by atoms with Gasteiger partial charge in [0.15, 0.2) is 0 Å². The topological polar surface area (TPSA) is 27.7 Å². The molecule has 1 heterocycles. The Morgan fingerprint density at radius 2 is 1.54 bits per heavy atom. The van der Waals surface area contributed by atoms with Gasteiger partial charge >= 0.3 is 7.12 Å². The molecule has 0 aromatic heterocycles. The lowest BCUT2D eigenvalue weighted by atomic mass is 9.75. The van der Waals surface area contributed by atoms with Gasteiger partial charge in [-0.3, -0.25) is 0 Å². The van der Waals surface area contributed by atoms with E-state index in [0.29, 0.717) is 10.8 Å². The molecule has 24 heavy (non-hydrogen) atoms. The smallest absolute Gasteiger partial charge is 0.489 e. The third-order valence-corrected chi connectivity index (χ3v) is 5.21. The van der Waals surface area contributed by atoms with Crippen molar-refractivity contribution in [1.29, 1.82) is 0 Å². The van der Waals surface area contributed by atoms with Crippen LogP contribution in [0.1, 0.15) is 67.9 Å². The first kappa shape index (κ1) is 19.6. The van der Waals surface area contributed by atoms with Gasteiger partial charge in [-0.25, -0.2) is 0 Å². The standard InChI is InChI=1S/C19H30BClO3/c1-12(2)22-15-11-13(17(3,4)5)10-14(16(15)21)20-23-18(6,7)19(8,9)24-20/h10-12H,1-9H3. The van der Waals surface area contributed by atoms with Gasteiger partial charge in [0, 0.05) is 5.46 Å². The summed E-state index contributed by atoms with van der Waals surface area (Å²) in [6, 6.07) is 4.11. The molecular formula is C19H30BClO3. The maximum atomic E-state index is 6.66. The number of hydrogen-bond acceptors (Lipinski definition) is 3. The third-order valence-electron chi connectivity index (χ3n) is 4.80. The van der Waals surface area contributed by atoms with E-state index in [1.165, 1.54) is 0 Å². The highest BCUT2D eigenvalue weighted by Gasteiger charge is 2.52. The molecule has 0 radical (unpaired) electrons. The van der Waals surface area contributed by atoms with Gasteiger partial charge in [0.1, 0.15) is 5.75 Å². The first-order chi connectivity index (χ1) is 10.7. The van der Waals surface area contributed by atoms with Crippen LogP contribution in [-0.2, 0) is 14.7 Å². The van der Waals surface area contributed by atoms with E-state index in [1.54, 1.807) is 0 Å². The number of hydrogen-bond donors (Lipinski definition) is 0. The Balaban J connectivity index is 2.53. The molecular weight excluding hydrogens is 322 g/mol. The first-order valence-corrected chi connectivity index (χ1v) is 8.98. The maximum Gasteiger partial charge on any atom is 0.496 e. The summed E-state index contributed by atoms with van der Waals surface area (Å²) < 4.78 is 18.3. The Morgan fingerprint density at radius 3 is 1.96 bits per heavy atom. The van der Waals surface area contributed by atoms with Crippen molar-refractivity contribution in [2.75, 3.05) is 0 Å². The van der Waals surface area contributed by atoms with Gasteiger partial charge in [-0.05, 0) is 58.6 Å². The fraction of sp³-hybridized carbons (Fsp3) is 0.684. The molecule has 0 aliphatic carbocycles. The minimum absolute atomic E-state index is 0.0297. The highest BCUT2D eigenvalue weighted by atomic mass is 35.5. The van der Waals surface area contributed by atoms with Crippen LogP contribution in [0.2, 0.25) is 5.02 Å². The summed E-state index contributed by atoms with van der Waals surface area (Å²) in [6.07, 6.45) is 0.0452. The Bertz CT molecular complexity index is 602. The zero-order valence-electron chi connectivity index (χ0n) is 16.4. The molecule has 1 aliphatic rings. The maximum absolute atomic E-state index is 6.66. The molecule has 1 fully saturated rings. The highest BCUT2D eigenvalue weighted by molar-refractivity contribution is 6.66. The molecule has 1 saturated heterocycles. The molecule has 1 aliphatic heterocycles. The Kier molecular flexibility index (Phi) is 5.09. The second-order valence-electron chi connectivity index (χ2n) is 8.88. The molecule has 3 nitrogen and oxygen atoms in total. The van der Waals surface area contributed by atoms with Crippen LogP contribution < -0.4 is 10.2 Å². The molecule has 0 saturated carbocycles. The van der Waals surface area contributed by atoms with Crippen molar-refractivity contribution in [1.82, 2.24) is 0 Å². The minimum atomic E-state index is -0.501. The number of rotatable bonds is 3. The van der Waals surface area contributed by atoms with E-state index in [1.807, 2.05) is 47.6 Å². The van der Waals surface area contributed by atoms with Crippen LogP contribution >= 0.6 is 11.6 Å². The van der Waals surface area contributed by atoms with E-state index in [4.69, 9.17) is 25.6 Å². The van der Waals surface area contributed by atoms with Crippen molar-refractivity contribution in [2.24, 2.45) is 0 Å². The normalized spacial score (nSPS) is 19.9. The molecule has 0 amide bonds. The van der Waals surface area contributed by atoms with Gasteiger partial charge in [-0.2, -0.15) is 0 Å². The molecule has 1 aromatic carbocycles. The summed E-state index contributed by atoms with van der Waals surface area (Å²) in [5.74, 6) is 0.684. The van der Waals surface area contributed by atoms with E-state index in [9.17, 15) is 0 Å². The molecule has 5 heteroatoms. The summed E-state index contributed by atoms with van der Waals surface area (Å²) in [4.78, 5) is 0. The predicted octanol–water partition coefficient (Wildman–Crippen LogP) is 4.72. The number of ether oxygens (including phenoxy) is 1. The Morgan fingerprint density at radius 1 is 1.04 bits per heavy atom. The van der Waals surface area contributed by atoms with E-state index in [2.05, 4.69) is 26.8 Å². The predicted molar refractivity (Wildman–Crippen MR) is 102 cm³/mol. The van der Waals surface area contributed by atoms with Crippen LogP contribution in [0.4, 0.5) is 0 Å². The molecule has 134 valence electrons. The van der Waals surface area contributed by atoms with Crippen LogP contribution in [0.25, 0.3) is 0 Å². The second kappa shape index (κ2) is 6.23. The lowest BCUT2D eigenvalue weighted by Gasteiger charge is -2.32. The SMILES string of the molecule is CC(C)Oc1cc(C(C)(C)C)cc(B2OC(C)(C)C(C)(C)O2)c1Cl. The Hall–Kier alpha value is -0.705. The molecule has 0 unspecified atom stereocenters. The summed E-state index contributed by atoms with van der Waals surface area (Å²) in [5.41, 5.74) is 1.14. The molecule has 0 N–H and O–H groups in total. The monoisotopic (exact) mass is 352 g/mol.